The van der Waals surface area contributed by atoms with Gasteiger partial charge in [-0.2, -0.15) is 15.8 Å². The molecule has 0 aliphatic rings. The Balaban J connectivity index is 1.31. The largest absolute Gasteiger partial charge is 0.309 e. The lowest BCUT2D eigenvalue weighted by Gasteiger charge is -2.15. The van der Waals surface area contributed by atoms with E-state index in [1.165, 1.54) is 10.8 Å². The predicted molar refractivity (Wildman–Crippen MR) is 200 cm³/mol. The van der Waals surface area contributed by atoms with E-state index in [1.807, 2.05) is 60.7 Å². The van der Waals surface area contributed by atoms with Gasteiger partial charge in [-0.05, 0) is 107 Å². The van der Waals surface area contributed by atoms with Crippen molar-refractivity contribution in [2.75, 3.05) is 0 Å². The summed E-state index contributed by atoms with van der Waals surface area (Å²) in [4.78, 5) is 0. The molecule has 0 unspecified atom stereocenters. The van der Waals surface area contributed by atoms with Gasteiger partial charge in [0.15, 0.2) is 0 Å². The molecule has 9 aromatic rings. The molecule has 0 fully saturated rings. The predicted octanol–water partition coefficient (Wildman–Crippen LogP) is 10.8. The third-order valence-electron chi connectivity index (χ3n) is 9.58. The molecule has 50 heavy (non-hydrogen) atoms. The highest BCUT2D eigenvalue weighted by atomic mass is 15.0. The fourth-order valence-corrected chi connectivity index (χ4v) is 7.36. The Labute approximate surface area is 287 Å². The fraction of sp³-hybridized carbons (Fsp3) is 0. The van der Waals surface area contributed by atoms with E-state index in [9.17, 15) is 15.8 Å². The second kappa shape index (κ2) is 11.4. The Morgan fingerprint density at radius 1 is 0.360 bits per heavy atom. The number of nitriles is 3. The number of hydrogen-bond donors (Lipinski definition) is 0. The molecule has 0 aliphatic heterocycles. The van der Waals surface area contributed by atoms with Crippen LogP contribution in [-0.4, -0.2) is 9.13 Å². The molecule has 7 aromatic carbocycles. The van der Waals surface area contributed by atoms with Crippen LogP contribution in [0.5, 0.6) is 0 Å². The van der Waals surface area contributed by atoms with Crippen LogP contribution in [0.1, 0.15) is 16.7 Å². The maximum absolute atomic E-state index is 10.1. The van der Waals surface area contributed by atoms with Gasteiger partial charge in [0.2, 0.25) is 0 Å². The van der Waals surface area contributed by atoms with Crippen molar-refractivity contribution in [2.24, 2.45) is 0 Å². The third-order valence-corrected chi connectivity index (χ3v) is 9.58. The second-order valence-corrected chi connectivity index (χ2v) is 12.4. The first-order chi connectivity index (χ1) is 24.6. The zero-order chi connectivity index (χ0) is 33.8. The van der Waals surface area contributed by atoms with Crippen LogP contribution >= 0.6 is 0 Å². The van der Waals surface area contributed by atoms with Gasteiger partial charge in [-0.3, -0.25) is 0 Å². The highest BCUT2D eigenvalue weighted by Gasteiger charge is 2.17. The molecule has 230 valence electrons. The average Bonchev–Trinajstić information content (AvgIpc) is 3.70. The molecule has 9 rings (SSSR count). The van der Waals surface area contributed by atoms with Gasteiger partial charge in [-0.25, -0.2) is 0 Å². The van der Waals surface area contributed by atoms with E-state index in [0.29, 0.717) is 16.7 Å². The molecule has 5 nitrogen and oxygen atoms in total. The van der Waals surface area contributed by atoms with E-state index in [1.54, 1.807) is 0 Å². The topological polar surface area (TPSA) is 81.2 Å². The lowest BCUT2D eigenvalue weighted by Crippen LogP contribution is -1.97. The molecule has 0 bridgehead atoms. The van der Waals surface area contributed by atoms with Crippen LogP contribution in [0.3, 0.4) is 0 Å². The highest BCUT2D eigenvalue weighted by Crippen LogP contribution is 2.38. The number of nitrogens with zero attached hydrogens (tertiary/aromatic N) is 5. The van der Waals surface area contributed by atoms with E-state index < -0.39 is 0 Å². The van der Waals surface area contributed by atoms with Crippen molar-refractivity contribution in [3.05, 3.63) is 168 Å². The number of fused-ring (bicyclic) bond motifs is 6. The zero-order valence-corrected chi connectivity index (χ0v) is 26.7. The maximum atomic E-state index is 10.1. The van der Waals surface area contributed by atoms with Gasteiger partial charge >= 0.3 is 0 Å². The van der Waals surface area contributed by atoms with Gasteiger partial charge in [-0.15, -0.1) is 0 Å². The standard InChI is InChI=1S/C45H25N5/c46-26-29-16-18-44-40(20-29)41-21-30(27-47)17-19-45(41)49(44)35-10-7-9-31(23-35)33-22-34(37-11-2-1-8-32(37)28-48)25-36(24-33)50-42-14-5-3-12-38(42)39-13-4-6-15-43(39)50/h1-25H. The van der Waals surface area contributed by atoms with Crippen LogP contribution < -0.4 is 0 Å². The van der Waals surface area contributed by atoms with Gasteiger partial charge < -0.3 is 9.13 Å². The molecule has 0 saturated carbocycles. The Bertz CT molecular complexity index is 2850. The molecule has 0 aliphatic carbocycles. The van der Waals surface area contributed by atoms with Gasteiger partial charge in [0.05, 0.1) is 57.0 Å². The van der Waals surface area contributed by atoms with E-state index in [-0.39, 0.29) is 0 Å². The zero-order valence-electron chi connectivity index (χ0n) is 26.7. The van der Waals surface area contributed by atoms with Crippen LogP contribution in [0.15, 0.2) is 152 Å². The first-order valence-corrected chi connectivity index (χ1v) is 16.3. The van der Waals surface area contributed by atoms with Crippen molar-refractivity contribution in [3.8, 4) is 51.8 Å². The summed E-state index contributed by atoms with van der Waals surface area (Å²) < 4.78 is 4.50. The van der Waals surface area contributed by atoms with Crippen LogP contribution in [0.25, 0.3) is 77.2 Å². The summed E-state index contributed by atoms with van der Waals surface area (Å²) in [7, 11) is 0. The molecule has 0 radical (unpaired) electrons. The smallest absolute Gasteiger partial charge is 0.0998 e. The summed E-state index contributed by atoms with van der Waals surface area (Å²) in [5, 5.41) is 33.6. The molecule has 0 amide bonds. The summed E-state index contributed by atoms with van der Waals surface area (Å²) >= 11 is 0. The monoisotopic (exact) mass is 635 g/mol. The van der Waals surface area contributed by atoms with Crippen molar-refractivity contribution >= 4 is 43.6 Å². The fourth-order valence-electron chi connectivity index (χ4n) is 7.36. The summed E-state index contributed by atoms with van der Waals surface area (Å²) in [6.45, 7) is 0. The number of benzene rings is 7. The number of rotatable bonds is 4. The molecular formula is C45H25N5. The first-order valence-electron chi connectivity index (χ1n) is 16.3. The van der Waals surface area contributed by atoms with Crippen LogP contribution in [0.2, 0.25) is 0 Å². The number of aromatic nitrogens is 2. The number of para-hydroxylation sites is 2. The minimum atomic E-state index is 0.569. The molecule has 0 spiro atoms. The minimum Gasteiger partial charge on any atom is -0.309 e. The van der Waals surface area contributed by atoms with Gasteiger partial charge in [0.1, 0.15) is 0 Å². The highest BCUT2D eigenvalue weighted by molar-refractivity contribution is 6.11. The molecule has 0 saturated heterocycles. The molecule has 0 N–H and O–H groups in total. The van der Waals surface area contributed by atoms with Crippen LogP contribution in [0.4, 0.5) is 0 Å². The van der Waals surface area contributed by atoms with Crippen LogP contribution in [0, 0.1) is 34.0 Å². The van der Waals surface area contributed by atoms with E-state index in [2.05, 4.69) is 118 Å². The Kier molecular flexibility index (Phi) is 6.56. The Hall–Kier alpha value is -7.39. The van der Waals surface area contributed by atoms with Crippen molar-refractivity contribution in [3.63, 3.8) is 0 Å². The molecule has 0 atom stereocenters. The minimum absolute atomic E-state index is 0.569. The molecule has 2 aromatic heterocycles. The van der Waals surface area contributed by atoms with E-state index in [0.717, 1.165) is 66.5 Å². The molecular weight excluding hydrogens is 611 g/mol. The van der Waals surface area contributed by atoms with Crippen molar-refractivity contribution in [1.29, 1.82) is 15.8 Å². The molecule has 5 heteroatoms. The van der Waals surface area contributed by atoms with Crippen molar-refractivity contribution in [1.82, 2.24) is 9.13 Å². The number of hydrogen-bond acceptors (Lipinski definition) is 3. The SMILES string of the molecule is N#Cc1ccc2c(c1)c1cc(C#N)ccc1n2-c1cccc(-c2cc(-c3ccccc3C#N)cc(-n3c4ccccc4c4ccccc43)c2)c1. The Morgan fingerprint density at radius 2 is 0.900 bits per heavy atom. The van der Waals surface area contributed by atoms with Gasteiger partial charge in [0, 0.05) is 32.9 Å². The van der Waals surface area contributed by atoms with E-state index >= 15 is 0 Å². The van der Waals surface area contributed by atoms with Crippen molar-refractivity contribution in [2.45, 2.75) is 0 Å². The van der Waals surface area contributed by atoms with Gasteiger partial charge in [0.25, 0.3) is 0 Å². The first kappa shape index (κ1) is 28.8. The Morgan fingerprint density at radius 3 is 1.54 bits per heavy atom. The summed E-state index contributed by atoms with van der Waals surface area (Å²) in [6, 6.07) is 58.0. The lowest BCUT2D eigenvalue weighted by atomic mass is 9.95. The van der Waals surface area contributed by atoms with Gasteiger partial charge in [-0.1, -0.05) is 66.7 Å². The summed E-state index contributed by atoms with van der Waals surface area (Å²) in [6.07, 6.45) is 0. The van der Waals surface area contributed by atoms with Crippen molar-refractivity contribution < 1.29 is 0 Å². The normalized spacial score (nSPS) is 11.1. The quantitative estimate of drug-likeness (QED) is 0.193. The molecule has 2 heterocycles. The second-order valence-electron chi connectivity index (χ2n) is 12.4. The maximum Gasteiger partial charge on any atom is 0.0998 e. The van der Waals surface area contributed by atoms with Crippen LogP contribution in [-0.2, 0) is 0 Å². The average molecular weight is 636 g/mol. The van der Waals surface area contributed by atoms with E-state index in [4.69, 9.17) is 0 Å². The summed E-state index contributed by atoms with van der Waals surface area (Å²) in [5.41, 5.74) is 11.7. The lowest BCUT2D eigenvalue weighted by molar-refractivity contribution is 1.17. The summed E-state index contributed by atoms with van der Waals surface area (Å²) in [5.74, 6) is 0. The third kappa shape index (κ3) is 4.45.